The van der Waals surface area contributed by atoms with E-state index >= 15 is 0 Å². The molecule has 0 saturated carbocycles. The maximum Gasteiger partial charge on any atom is 0.253 e. The molecular weight excluding hydrogens is 396 g/mol. The van der Waals surface area contributed by atoms with Crippen LogP contribution in [0.4, 0.5) is 0 Å². The molecule has 0 bridgehead atoms. The van der Waals surface area contributed by atoms with E-state index in [1.165, 1.54) is 0 Å². The highest BCUT2D eigenvalue weighted by atomic mass is 16.5. The van der Waals surface area contributed by atoms with E-state index in [9.17, 15) is 9.90 Å². The molecule has 9 heteroatoms. The number of likely N-dealkylation sites (tertiary alicyclic amines) is 1. The summed E-state index contributed by atoms with van der Waals surface area (Å²) in [5, 5.41) is 23.5. The lowest BCUT2D eigenvalue weighted by molar-refractivity contribution is 0.0644. The van der Waals surface area contributed by atoms with Crippen LogP contribution in [0.15, 0.2) is 29.1 Å². The van der Waals surface area contributed by atoms with Gasteiger partial charge in [-0.05, 0) is 67.8 Å². The Bertz CT molecular complexity index is 1110. The van der Waals surface area contributed by atoms with Crippen LogP contribution in [0.3, 0.4) is 0 Å². The molecule has 1 atom stereocenters. The molecule has 1 aliphatic rings. The molecule has 1 aliphatic heterocycles. The van der Waals surface area contributed by atoms with Crippen molar-refractivity contribution in [1.82, 2.24) is 30.1 Å². The zero-order valence-corrected chi connectivity index (χ0v) is 18.5. The van der Waals surface area contributed by atoms with Gasteiger partial charge in [0.1, 0.15) is 11.8 Å². The summed E-state index contributed by atoms with van der Waals surface area (Å²) >= 11 is 0. The van der Waals surface area contributed by atoms with E-state index in [0.717, 1.165) is 23.1 Å². The van der Waals surface area contributed by atoms with E-state index in [0.29, 0.717) is 37.3 Å². The number of aromatic nitrogens is 5. The predicted molar refractivity (Wildman–Crippen MR) is 117 cm³/mol. The van der Waals surface area contributed by atoms with Crippen LogP contribution in [-0.2, 0) is 5.54 Å². The highest BCUT2D eigenvalue weighted by Gasteiger charge is 2.35. The highest BCUT2D eigenvalue weighted by molar-refractivity contribution is 5.80. The maximum absolute atomic E-state index is 13.2. The van der Waals surface area contributed by atoms with Gasteiger partial charge in [0.05, 0.1) is 18.8 Å². The molecule has 2 aromatic heterocycles. The van der Waals surface area contributed by atoms with Crippen LogP contribution in [0.2, 0.25) is 0 Å². The van der Waals surface area contributed by atoms with Crippen molar-refractivity contribution in [3.63, 3.8) is 0 Å². The van der Waals surface area contributed by atoms with Crippen molar-refractivity contribution in [3.05, 3.63) is 46.0 Å². The Morgan fingerprint density at radius 2 is 2.03 bits per heavy atom. The molecule has 3 heterocycles. The van der Waals surface area contributed by atoms with Crippen molar-refractivity contribution in [2.45, 2.75) is 57.7 Å². The summed E-state index contributed by atoms with van der Waals surface area (Å²) in [5.41, 5.74) is 0.854. The molecule has 166 valence electrons. The van der Waals surface area contributed by atoms with Crippen LogP contribution in [0.5, 0.6) is 5.75 Å². The van der Waals surface area contributed by atoms with E-state index in [1.807, 2.05) is 28.9 Å². The normalized spacial score (nSPS) is 17.2. The molecule has 1 unspecified atom stereocenters. The Kier molecular flexibility index (Phi) is 5.81. The molecular formula is C22H30N6O3. The monoisotopic (exact) mass is 426 g/mol. The van der Waals surface area contributed by atoms with Gasteiger partial charge in [-0.2, -0.15) is 0 Å². The van der Waals surface area contributed by atoms with Gasteiger partial charge in [-0.25, -0.2) is 4.68 Å². The maximum atomic E-state index is 13.2. The minimum atomic E-state index is -0.423. The number of hydrogen-bond donors (Lipinski definition) is 2. The lowest BCUT2D eigenvalue weighted by atomic mass is 9.97. The van der Waals surface area contributed by atoms with Crippen molar-refractivity contribution >= 4 is 10.9 Å². The molecule has 0 spiro atoms. The number of H-pyrrole nitrogens is 1. The van der Waals surface area contributed by atoms with Crippen molar-refractivity contribution in [3.8, 4) is 5.75 Å². The van der Waals surface area contributed by atoms with E-state index < -0.39 is 6.04 Å². The van der Waals surface area contributed by atoms with Crippen molar-refractivity contribution in [2.75, 3.05) is 20.2 Å². The van der Waals surface area contributed by atoms with Gasteiger partial charge in [0.2, 0.25) is 0 Å². The number of aromatic amines is 1. The Balaban J connectivity index is 1.89. The number of piperidine rings is 1. The van der Waals surface area contributed by atoms with E-state index in [1.54, 1.807) is 7.11 Å². The molecule has 1 fully saturated rings. The van der Waals surface area contributed by atoms with Gasteiger partial charge >= 0.3 is 0 Å². The minimum Gasteiger partial charge on any atom is -0.497 e. The lowest BCUT2D eigenvalue weighted by Gasteiger charge is -2.36. The quantitative estimate of drug-likeness (QED) is 0.622. The second-order valence-corrected chi connectivity index (χ2v) is 8.79. The second kappa shape index (κ2) is 8.39. The average Bonchev–Trinajstić information content (AvgIpc) is 3.25. The van der Waals surface area contributed by atoms with Crippen molar-refractivity contribution in [2.24, 2.45) is 0 Å². The number of aliphatic hydroxyl groups is 1. The standard InChI is InChI=1S/C22H30N6O3/c1-5-22(2,3)28-20(24-25-26-28)19(27-10-8-15(29)9-11-27)17-13-14-12-16(31-4)6-7-18(14)23-21(17)30/h6-7,12-13,15,19,29H,5,8-11H2,1-4H3,(H,23,30). The van der Waals surface area contributed by atoms with Gasteiger partial charge in [-0.3, -0.25) is 9.69 Å². The molecule has 1 saturated heterocycles. The number of pyridine rings is 1. The second-order valence-electron chi connectivity index (χ2n) is 8.79. The van der Waals surface area contributed by atoms with Crippen molar-refractivity contribution < 1.29 is 9.84 Å². The summed E-state index contributed by atoms with van der Waals surface area (Å²) in [6.45, 7) is 7.56. The molecule has 2 N–H and O–H groups in total. The first-order valence-electron chi connectivity index (χ1n) is 10.8. The van der Waals surface area contributed by atoms with Crippen LogP contribution in [0.25, 0.3) is 10.9 Å². The molecule has 0 radical (unpaired) electrons. The first kappa shape index (κ1) is 21.5. The number of nitrogens with one attached hydrogen (secondary N) is 1. The van der Waals surface area contributed by atoms with Crippen molar-refractivity contribution in [1.29, 1.82) is 0 Å². The smallest absolute Gasteiger partial charge is 0.253 e. The number of tetrazole rings is 1. The Morgan fingerprint density at radius 3 is 2.71 bits per heavy atom. The Morgan fingerprint density at radius 1 is 1.29 bits per heavy atom. The lowest BCUT2D eigenvalue weighted by Crippen LogP contribution is -2.43. The number of ether oxygens (including phenoxy) is 1. The Labute approximate surface area is 181 Å². The Hall–Kier alpha value is -2.78. The average molecular weight is 427 g/mol. The van der Waals surface area contributed by atoms with Gasteiger partial charge in [0.15, 0.2) is 5.82 Å². The molecule has 1 aromatic carbocycles. The summed E-state index contributed by atoms with van der Waals surface area (Å²) in [4.78, 5) is 18.4. The third-order valence-electron chi connectivity index (χ3n) is 6.42. The van der Waals surface area contributed by atoms with Gasteiger partial charge < -0.3 is 14.8 Å². The fourth-order valence-corrected chi connectivity index (χ4v) is 4.12. The van der Waals surface area contributed by atoms with Crippen LogP contribution < -0.4 is 10.3 Å². The summed E-state index contributed by atoms with van der Waals surface area (Å²) in [5.74, 6) is 1.36. The molecule has 31 heavy (non-hydrogen) atoms. The van der Waals surface area contributed by atoms with Gasteiger partial charge in [-0.15, -0.1) is 5.10 Å². The van der Waals surface area contributed by atoms with E-state index in [4.69, 9.17) is 4.74 Å². The first-order chi connectivity index (χ1) is 14.8. The zero-order valence-electron chi connectivity index (χ0n) is 18.5. The van der Waals surface area contributed by atoms with Gasteiger partial charge in [0.25, 0.3) is 5.56 Å². The van der Waals surface area contributed by atoms with Crippen LogP contribution in [-0.4, -0.2) is 61.5 Å². The molecule has 0 aliphatic carbocycles. The molecule has 3 aromatic rings. The number of rotatable bonds is 6. The molecule has 0 amide bonds. The third-order valence-corrected chi connectivity index (χ3v) is 6.42. The number of fused-ring (bicyclic) bond motifs is 1. The fraction of sp³-hybridized carbons (Fsp3) is 0.545. The van der Waals surface area contributed by atoms with Gasteiger partial charge in [0, 0.05) is 29.6 Å². The number of methoxy groups -OCH3 is 1. The van der Waals surface area contributed by atoms with E-state index in [-0.39, 0.29) is 17.2 Å². The molecule has 4 rings (SSSR count). The number of aliphatic hydroxyl groups excluding tert-OH is 1. The predicted octanol–water partition coefficient (Wildman–Crippen LogP) is 2.21. The SMILES string of the molecule is CCC(C)(C)n1nnnc1C(c1cc2cc(OC)ccc2[nH]c1=O)N1CCC(O)CC1. The molecule has 9 nitrogen and oxygen atoms in total. The highest BCUT2D eigenvalue weighted by Crippen LogP contribution is 2.32. The number of hydrogen-bond acceptors (Lipinski definition) is 7. The summed E-state index contributed by atoms with van der Waals surface area (Å²) in [6, 6.07) is 7.06. The van der Waals surface area contributed by atoms with Crippen LogP contribution >= 0.6 is 0 Å². The summed E-state index contributed by atoms with van der Waals surface area (Å²) in [6.07, 6.45) is 1.81. The minimum absolute atomic E-state index is 0.169. The summed E-state index contributed by atoms with van der Waals surface area (Å²) < 4.78 is 7.20. The van der Waals surface area contributed by atoms with E-state index in [2.05, 4.69) is 46.2 Å². The fourth-order valence-electron chi connectivity index (χ4n) is 4.12. The number of benzene rings is 1. The zero-order chi connectivity index (χ0) is 22.2. The number of nitrogens with zero attached hydrogens (tertiary/aromatic N) is 5. The van der Waals surface area contributed by atoms with Gasteiger partial charge in [-0.1, -0.05) is 6.92 Å². The largest absolute Gasteiger partial charge is 0.497 e. The first-order valence-corrected chi connectivity index (χ1v) is 10.8. The van der Waals surface area contributed by atoms with Crippen LogP contribution in [0.1, 0.15) is 57.5 Å². The third kappa shape index (κ3) is 4.07. The summed E-state index contributed by atoms with van der Waals surface area (Å²) in [7, 11) is 1.62. The topological polar surface area (TPSA) is 109 Å². The van der Waals surface area contributed by atoms with Crippen LogP contribution in [0, 0.1) is 0 Å².